The number of sulfonamides is 1. The van der Waals surface area contributed by atoms with E-state index in [2.05, 4.69) is 4.98 Å². The van der Waals surface area contributed by atoms with E-state index in [9.17, 15) is 23.4 Å². The van der Waals surface area contributed by atoms with Crippen LogP contribution in [0.3, 0.4) is 0 Å². The van der Waals surface area contributed by atoms with E-state index in [0.29, 0.717) is 5.56 Å². The van der Waals surface area contributed by atoms with Gasteiger partial charge >= 0.3 is 0 Å². The molecule has 0 aliphatic carbocycles. The van der Waals surface area contributed by atoms with Crippen LogP contribution >= 0.6 is 0 Å². The summed E-state index contributed by atoms with van der Waals surface area (Å²) in [7, 11) is -4.22. The summed E-state index contributed by atoms with van der Waals surface area (Å²) in [4.78, 5) is 15.5. The Labute approximate surface area is 144 Å². The number of phenolic OH excluding ortho intramolecular Hbond substituents is 1. The average molecular weight is 367 g/mol. The molecule has 0 radical (unpaired) electrons. The molecule has 2 rings (SSSR count). The summed E-state index contributed by atoms with van der Waals surface area (Å²) in [5, 5.41) is 27.7. The number of aliphatic hydroxyl groups is 1. The fourth-order valence-electron chi connectivity index (χ4n) is 2.17. The Morgan fingerprint density at radius 1 is 1.24 bits per heavy atom. The van der Waals surface area contributed by atoms with Crippen LogP contribution in [0.5, 0.6) is 5.75 Å². The number of carbonyl (C=O) groups excluding carboxylic acids is 1. The number of nitrogens with zero attached hydrogens (tertiary/aromatic N) is 2. The zero-order valence-corrected chi connectivity index (χ0v) is 13.8. The lowest BCUT2D eigenvalue weighted by atomic mass is 10.2. The zero-order chi connectivity index (χ0) is 18.4. The fraction of sp³-hybridized carbons (Fsp3) is 0.200. The molecule has 1 heterocycles. The maximum absolute atomic E-state index is 12.9. The van der Waals surface area contributed by atoms with E-state index in [1.807, 2.05) is 0 Å². The first-order valence-corrected chi connectivity index (χ1v) is 8.58. The largest absolute Gasteiger partial charge is 0.508 e. The van der Waals surface area contributed by atoms with Gasteiger partial charge in [-0.2, -0.15) is 4.31 Å². The Kier molecular flexibility index (Phi) is 6.04. The smallest absolute Gasteiger partial charge is 0.264 e. The Bertz CT molecular complexity index is 811. The highest BCUT2D eigenvalue weighted by Crippen LogP contribution is 2.23. The number of nitrogens with one attached hydrogen (secondary N) is 1. The molecule has 0 saturated heterocycles. The topological polar surface area (TPSA) is 140 Å². The Balaban J connectivity index is 2.48. The molecule has 0 aliphatic rings. The van der Waals surface area contributed by atoms with Crippen LogP contribution in [0, 0.1) is 0 Å². The number of hydroxylamine groups is 1. The third-order valence-electron chi connectivity index (χ3n) is 3.44. The van der Waals surface area contributed by atoms with Crippen LogP contribution in [0.25, 0.3) is 0 Å². The minimum absolute atomic E-state index is 0.121. The first-order valence-electron chi connectivity index (χ1n) is 7.14. The molecule has 1 atom stereocenters. The molecule has 0 bridgehead atoms. The number of aliphatic hydroxyl groups excluding tert-OH is 1. The van der Waals surface area contributed by atoms with Gasteiger partial charge < -0.3 is 10.2 Å². The predicted molar refractivity (Wildman–Crippen MR) is 85.9 cm³/mol. The molecule has 25 heavy (non-hydrogen) atoms. The highest BCUT2D eigenvalue weighted by Gasteiger charge is 2.35. The summed E-state index contributed by atoms with van der Waals surface area (Å²) in [5.41, 5.74) is 1.83. The summed E-state index contributed by atoms with van der Waals surface area (Å²) in [6.45, 7) is -1.10. The first-order chi connectivity index (χ1) is 11.9. The highest BCUT2D eigenvalue weighted by molar-refractivity contribution is 7.89. The molecule has 1 amide bonds. The number of hydrogen-bond acceptors (Lipinski definition) is 7. The number of amides is 1. The average Bonchev–Trinajstić information content (AvgIpc) is 2.62. The van der Waals surface area contributed by atoms with Crippen LogP contribution in [0.1, 0.15) is 5.56 Å². The molecule has 0 unspecified atom stereocenters. The molecule has 0 aliphatic heterocycles. The number of aromatic hydroxyl groups is 1. The third-order valence-corrected chi connectivity index (χ3v) is 5.31. The van der Waals surface area contributed by atoms with Crippen LogP contribution in [-0.4, -0.2) is 51.7 Å². The minimum Gasteiger partial charge on any atom is -0.508 e. The van der Waals surface area contributed by atoms with Gasteiger partial charge in [-0.05, 0) is 35.9 Å². The predicted octanol–water partition coefficient (Wildman–Crippen LogP) is -0.156. The molecule has 1 aromatic heterocycles. The van der Waals surface area contributed by atoms with Gasteiger partial charge in [0, 0.05) is 18.9 Å². The molecule has 2 aromatic rings. The maximum atomic E-state index is 12.9. The van der Waals surface area contributed by atoms with E-state index < -0.39 is 28.6 Å². The van der Waals surface area contributed by atoms with Gasteiger partial charge in [0.1, 0.15) is 11.8 Å². The van der Waals surface area contributed by atoms with Gasteiger partial charge in [0.2, 0.25) is 10.0 Å². The molecular formula is C15H17N3O6S. The number of benzene rings is 1. The van der Waals surface area contributed by atoms with Crippen molar-refractivity contribution in [1.29, 1.82) is 0 Å². The normalized spacial score (nSPS) is 12.8. The van der Waals surface area contributed by atoms with Crippen molar-refractivity contribution in [3.05, 3.63) is 54.4 Å². The highest BCUT2D eigenvalue weighted by atomic mass is 32.2. The molecule has 1 aromatic carbocycles. The van der Waals surface area contributed by atoms with Crippen molar-refractivity contribution >= 4 is 15.9 Å². The van der Waals surface area contributed by atoms with Crippen LogP contribution in [0.2, 0.25) is 0 Å². The van der Waals surface area contributed by atoms with Crippen molar-refractivity contribution in [3.8, 4) is 5.75 Å². The molecule has 0 saturated carbocycles. The van der Waals surface area contributed by atoms with E-state index in [-0.39, 0.29) is 17.2 Å². The second-order valence-electron chi connectivity index (χ2n) is 5.08. The lowest BCUT2D eigenvalue weighted by Crippen LogP contribution is -2.50. The van der Waals surface area contributed by atoms with E-state index in [0.717, 1.165) is 4.31 Å². The van der Waals surface area contributed by atoms with Crippen LogP contribution in [-0.2, 0) is 21.4 Å². The monoisotopic (exact) mass is 367 g/mol. The molecular weight excluding hydrogens is 350 g/mol. The van der Waals surface area contributed by atoms with E-state index in [4.69, 9.17) is 5.21 Å². The van der Waals surface area contributed by atoms with Gasteiger partial charge in [-0.3, -0.25) is 15.0 Å². The van der Waals surface area contributed by atoms with Crippen molar-refractivity contribution in [2.75, 3.05) is 6.61 Å². The van der Waals surface area contributed by atoms with Gasteiger partial charge in [-0.1, -0.05) is 6.07 Å². The van der Waals surface area contributed by atoms with Crippen LogP contribution in [0.15, 0.2) is 53.7 Å². The summed E-state index contributed by atoms with van der Waals surface area (Å²) >= 11 is 0. The van der Waals surface area contributed by atoms with Crippen molar-refractivity contribution in [3.63, 3.8) is 0 Å². The van der Waals surface area contributed by atoms with E-state index >= 15 is 0 Å². The molecule has 0 spiro atoms. The van der Waals surface area contributed by atoms with Gasteiger partial charge in [0.05, 0.1) is 11.5 Å². The molecule has 10 heteroatoms. The van der Waals surface area contributed by atoms with Crippen molar-refractivity contribution in [2.45, 2.75) is 17.5 Å². The van der Waals surface area contributed by atoms with Crippen molar-refractivity contribution < 1.29 is 28.6 Å². The van der Waals surface area contributed by atoms with Gasteiger partial charge in [0.15, 0.2) is 0 Å². The number of hydrogen-bond donors (Lipinski definition) is 4. The van der Waals surface area contributed by atoms with Crippen LogP contribution < -0.4 is 5.48 Å². The summed E-state index contributed by atoms with van der Waals surface area (Å²) in [5.74, 6) is -1.20. The lowest BCUT2D eigenvalue weighted by Gasteiger charge is -2.28. The molecule has 4 N–H and O–H groups in total. The lowest BCUT2D eigenvalue weighted by molar-refractivity contribution is -0.134. The number of carbonyl (C=O) groups is 1. The third kappa shape index (κ3) is 4.31. The quantitative estimate of drug-likeness (QED) is 0.394. The van der Waals surface area contributed by atoms with Gasteiger partial charge in [0.25, 0.3) is 5.91 Å². The number of phenols is 1. The zero-order valence-electron chi connectivity index (χ0n) is 13.0. The summed E-state index contributed by atoms with van der Waals surface area (Å²) in [6, 6.07) is 6.38. The van der Waals surface area contributed by atoms with E-state index in [1.165, 1.54) is 42.1 Å². The Morgan fingerprint density at radius 3 is 2.44 bits per heavy atom. The van der Waals surface area contributed by atoms with E-state index in [1.54, 1.807) is 12.1 Å². The summed E-state index contributed by atoms with van der Waals surface area (Å²) in [6.07, 6.45) is 2.93. The number of rotatable bonds is 7. The van der Waals surface area contributed by atoms with Gasteiger partial charge in [-0.25, -0.2) is 13.9 Å². The van der Waals surface area contributed by atoms with Crippen LogP contribution in [0.4, 0.5) is 0 Å². The van der Waals surface area contributed by atoms with Gasteiger partial charge in [-0.15, -0.1) is 0 Å². The standard InChI is InChI=1S/C15H17N3O6S/c19-10-14(15(21)17-22)18(9-11-2-1-7-16-8-11)25(23,24)13-5-3-12(20)4-6-13/h1-8,14,19-20,22H,9-10H2,(H,17,21)/t14-/m1/s1. The van der Waals surface area contributed by atoms with Crippen molar-refractivity contribution in [2.24, 2.45) is 0 Å². The maximum Gasteiger partial charge on any atom is 0.264 e. The molecule has 9 nitrogen and oxygen atoms in total. The Hall–Kier alpha value is -2.53. The number of aromatic nitrogens is 1. The second kappa shape index (κ2) is 8.03. The second-order valence-corrected chi connectivity index (χ2v) is 6.97. The Morgan fingerprint density at radius 2 is 1.92 bits per heavy atom. The molecule has 0 fully saturated rings. The SMILES string of the molecule is O=C(NO)[C@@H](CO)N(Cc1cccnc1)S(=O)(=O)c1ccc(O)cc1. The minimum atomic E-state index is -4.22. The molecule has 134 valence electrons. The first kappa shape index (κ1) is 18.8. The fourth-order valence-corrected chi connectivity index (χ4v) is 3.73. The summed E-state index contributed by atoms with van der Waals surface area (Å²) < 4.78 is 26.6. The van der Waals surface area contributed by atoms with Crippen molar-refractivity contribution in [1.82, 2.24) is 14.8 Å². The number of pyridine rings is 1.